The standard InChI is InChI=1S/C13H16F2N2O.ClH/c1-8(16)13(18)17(11-4-5-11)7-9-2-3-10(14)6-12(9)15;/h2-3,6,8,11H,4-5,7,16H2,1H3;1H/t8-;/m1./s1. The van der Waals surface area contributed by atoms with Crippen LogP contribution in [-0.4, -0.2) is 22.9 Å². The molecule has 0 radical (unpaired) electrons. The second-order valence-corrected chi connectivity index (χ2v) is 4.72. The van der Waals surface area contributed by atoms with E-state index in [9.17, 15) is 13.6 Å². The molecule has 1 amide bonds. The highest BCUT2D eigenvalue weighted by Crippen LogP contribution is 2.29. The first-order valence-electron chi connectivity index (χ1n) is 5.99. The number of halogens is 3. The third-order valence-electron chi connectivity index (χ3n) is 3.02. The van der Waals surface area contributed by atoms with Crippen LogP contribution in [0.5, 0.6) is 0 Å². The Labute approximate surface area is 117 Å². The maximum Gasteiger partial charge on any atom is 0.239 e. The topological polar surface area (TPSA) is 46.3 Å². The molecule has 1 aliphatic rings. The van der Waals surface area contributed by atoms with Gasteiger partial charge in [0.2, 0.25) is 5.91 Å². The average Bonchev–Trinajstić information content (AvgIpc) is 3.11. The zero-order valence-electron chi connectivity index (χ0n) is 10.6. The first-order chi connectivity index (χ1) is 8.49. The molecular weight excluding hydrogens is 274 g/mol. The third kappa shape index (κ3) is 3.88. The molecule has 1 fully saturated rings. The molecule has 0 aromatic heterocycles. The Kier molecular flexibility index (Phi) is 5.26. The number of rotatable bonds is 4. The molecule has 1 atom stereocenters. The molecule has 0 unspecified atom stereocenters. The number of carbonyl (C=O) groups is 1. The van der Waals surface area contributed by atoms with Crippen molar-refractivity contribution < 1.29 is 13.6 Å². The van der Waals surface area contributed by atoms with Crippen LogP contribution in [0.2, 0.25) is 0 Å². The molecule has 106 valence electrons. The van der Waals surface area contributed by atoms with E-state index in [2.05, 4.69) is 0 Å². The van der Waals surface area contributed by atoms with Crippen molar-refractivity contribution in [1.29, 1.82) is 0 Å². The molecule has 0 bridgehead atoms. The van der Waals surface area contributed by atoms with Crippen LogP contribution in [0, 0.1) is 11.6 Å². The van der Waals surface area contributed by atoms with Gasteiger partial charge in [-0.1, -0.05) is 6.07 Å². The predicted molar refractivity (Wildman–Crippen MR) is 70.8 cm³/mol. The fourth-order valence-electron chi connectivity index (χ4n) is 1.87. The molecule has 1 aliphatic carbocycles. The van der Waals surface area contributed by atoms with Crippen LogP contribution in [0.4, 0.5) is 8.78 Å². The lowest BCUT2D eigenvalue weighted by atomic mass is 10.1. The molecular formula is C13H17ClF2N2O. The zero-order valence-corrected chi connectivity index (χ0v) is 11.4. The van der Waals surface area contributed by atoms with Gasteiger partial charge in [0.15, 0.2) is 0 Å². The molecule has 2 rings (SSSR count). The van der Waals surface area contributed by atoms with Crippen LogP contribution >= 0.6 is 12.4 Å². The molecule has 19 heavy (non-hydrogen) atoms. The van der Waals surface area contributed by atoms with Crippen LogP contribution in [0.25, 0.3) is 0 Å². The number of nitrogens with two attached hydrogens (primary N) is 1. The van der Waals surface area contributed by atoms with Crippen LogP contribution in [0.3, 0.4) is 0 Å². The van der Waals surface area contributed by atoms with E-state index in [0.29, 0.717) is 5.56 Å². The molecule has 0 aliphatic heterocycles. The second-order valence-electron chi connectivity index (χ2n) is 4.72. The summed E-state index contributed by atoms with van der Waals surface area (Å²) >= 11 is 0. The van der Waals surface area contributed by atoms with E-state index in [1.54, 1.807) is 11.8 Å². The summed E-state index contributed by atoms with van der Waals surface area (Å²) in [5.74, 6) is -1.44. The van der Waals surface area contributed by atoms with Crippen molar-refractivity contribution in [3.63, 3.8) is 0 Å². The zero-order chi connectivity index (χ0) is 13.3. The van der Waals surface area contributed by atoms with Crippen LogP contribution in [0.1, 0.15) is 25.3 Å². The van der Waals surface area contributed by atoms with E-state index in [1.807, 2.05) is 0 Å². The van der Waals surface area contributed by atoms with Gasteiger partial charge in [0.25, 0.3) is 0 Å². The van der Waals surface area contributed by atoms with Gasteiger partial charge in [-0.15, -0.1) is 12.4 Å². The van der Waals surface area contributed by atoms with E-state index >= 15 is 0 Å². The van der Waals surface area contributed by atoms with Gasteiger partial charge >= 0.3 is 0 Å². The summed E-state index contributed by atoms with van der Waals surface area (Å²) in [5, 5.41) is 0. The van der Waals surface area contributed by atoms with Crippen molar-refractivity contribution >= 4 is 18.3 Å². The quantitative estimate of drug-likeness (QED) is 0.924. The maximum atomic E-state index is 13.5. The summed E-state index contributed by atoms with van der Waals surface area (Å²) in [6.07, 6.45) is 1.84. The van der Waals surface area contributed by atoms with E-state index in [4.69, 9.17) is 5.73 Å². The molecule has 3 nitrogen and oxygen atoms in total. The largest absolute Gasteiger partial charge is 0.334 e. The second kappa shape index (κ2) is 6.30. The third-order valence-corrected chi connectivity index (χ3v) is 3.02. The number of benzene rings is 1. The Hall–Kier alpha value is -1.20. The molecule has 1 saturated carbocycles. The number of carbonyl (C=O) groups excluding carboxylic acids is 1. The summed E-state index contributed by atoms with van der Waals surface area (Å²) < 4.78 is 26.4. The Morgan fingerprint density at radius 3 is 2.58 bits per heavy atom. The van der Waals surface area contributed by atoms with Crippen molar-refractivity contribution in [2.75, 3.05) is 0 Å². The SMILES string of the molecule is C[C@@H](N)C(=O)N(Cc1ccc(F)cc1F)C1CC1.Cl. The molecule has 2 N–H and O–H groups in total. The fraction of sp³-hybridized carbons (Fsp3) is 0.462. The van der Waals surface area contributed by atoms with E-state index < -0.39 is 17.7 Å². The molecule has 6 heteroatoms. The highest BCUT2D eigenvalue weighted by atomic mass is 35.5. The van der Waals surface area contributed by atoms with Gasteiger partial charge < -0.3 is 10.6 Å². The van der Waals surface area contributed by atoms with Gasteiger partial charge in [-0.05, 0) is 25.8 Å². The Morgan fingerprint density at radius 1 is 1.47 bits per heavy atom. The summed E-state index contributed by atoms with van der Waals surface area (Å²) in [4.78, 5) is 13.5. The minimum atomic E-state index is -0.627. The summed E-state index contributed by atoms with van der Waals surface area (Å²) in [6.45, 7) is 1.76. The molecule has 0 saturated heterocycles. The summed E-state index contributed by atoms with van der Waals surface area (Å²) in [6, 6.07) is 2.94. The smallest absolute Gasteiger partial charge is 0.239 e. The number of amides is 1. The fourth-order valence-corrected chi connectivity index (χ4v) is 1.87. The maximum absolute atomic E-state index is 13.5. The summed E-state index contributed by atoms with van der Waals surface area (Å²) in [7, 11) is 0. The van der Waals surface area contributed by atoms with E-state index in [-0.39, 0.29) is 30.9 Å². The average molecular weight is 291 g/mol. The number of hydrogen-bond acceptors (Lipinski definition) is 2. The van der Waals surface area contributed by atoms with Crippen LogP contribution in [0.15, 0.2) is 18.2 Å². The highest BCUT2D eigenvalue weighted by molar-refractivity contribution is 5.85. The van der Waals surface area contributed by atoms with Crippen molar-refractivity contribution in [3.8, 4) is 0 Å². The van der Waals surface area contributed by atoms with E-state index in [1.165, 1.54) is 12.1 Å². The minimum Gasteiger partial charge on any atom is -0.334 e. The minimum absolute atomic E-state index is 0. The number of hydrogen-bond donors (Lipinski definition) is 1. The molecule has 0 heterocycles. The number of nitrogens with zero attached hydrogens (tertiary/aromatic N) is 1. The monoisotopic (exact) mass is 290 g/mol. The normalized spacial score (nSPS) is 15.6. The van der Waals surface area contributed by atoms with Gasteiger partial charge in [0.1, 0.15) is 11.6 Å². The lowest BCUT2D eigenvalue weighted by molar-refractivity contribution is -0.133. The predicted octanol–water partition coefficient (Wildman–Crippen LogP) is 2.22. The molecule has 1 aromatic rings. The van der Waals surface area contributed by atoms with E-state index in [0.717, 1.165) is 18.9 Å². The van der Waals surface area contributed by atoms with Gasteiger partial charge in [-0.2, -0.15) is 0 Å². The lowest BCUT2D eigenvalue weighted by Crippen LogP contribution is -2.43. The first kappa shape index (κ1) is 15.9. The molecule has 0 spiro atoms. The van der Waals surface area contributed by atoms with Crippen LogP contribution in [-0.2, 0) is 11.3 Å². The first-order valence-corrected chi connectivity index (χ1v) is 5.99. The Balaban J connectivity index is 0.00000180. The van der Waals surface area contributed by atoms with Crippen molar-refractivity contribution in [2.24, 2.45) is 5.73 Å². The van der Waals surface area contributed by atoms with Crippen LogP contribution < -0.4 is 5.73 Å². The summed E-state index contributed by atoms with van der Waals surface area (Å²) in [5.41, 5.74) is 5.89. The highest BCUT2D eigenvalue weighted by Gasteiger charge is 2.34. The Bertz CT molecular complexity index is 464. The van der Waals surface area contributed by atoms with Crippen molar-refractivity contribution in [1.82, 2.24) is 4.90 Å². The lowest BCUT2D eigenvalue weighted by Gasteiger charge is -2.24. The van der Waals surface area contributed by atoms with Gasteiger partial charge in [0, 0.05) is 24.2 Å². The molecule has 1 aromatic carbocycles. The van der Waals surface area contributed by atoms with Gasteiger partial charge in [0.05, 0.1) is 6.04 Å². The van der Waals surface area contributed by atoms with Gasteiger partial charge in [-0.25, -0.2) is 8.78 Å². The van der Waals surface area contributed by atoms with Crippen molar-refractivity contribution in [2.45, 2.75) is 38.4 Å². The van der Waals surface area contributed by atoms with Gasteiger partial charge in [-0.3, -0.25) is 4.79 Å². The Morgan fingerprint density at radius 2 is 2.11 bits per heavy atom. The van der Waals surface area contributed by atoms with Crippen molar-refractivity contribution in [3.05, 3.63) is 35.4 Å².